The minimum absolute atomic E-state index is 0.0179. The molecule has 2 aromatic heterocycles. The summed E-state index contributed by atoms with van der Waals surface area (Å²) in [7, 11) is 0. The molecule has 2 amide bonds. The first-order valence-corrected chi connectivity index (χ1v) is 12.5. The summed E-state index contributed by atoms with van der Waals surface area (Å²) < 4.78 is 6.91. The van der Waals surface area contributed by atoms with E-state index >= 15 is 0 Å². The quantitative estimate of drug-likeness (QED) is 0.403. The molecule has 1 unspecified atom stereocenters. The van der Waals surface area contributed by atoms with E-state index in [4.69, 9.17) is 4.42 Å². The van der Waals surface area contributed by atoms with Gasteiger partial charge < -0.3 is 14.6 Å². The Morgan fingerprint density at radius 3 is 2.53 bits per heavy atom. The van der Waals surface area contributed by atoms with Gasteiger partial charge in [-0.2, -0.15) is 0 Å². The molecule has 0 bridgehead atoms. The van der Waals surface area contributed by atoms with Crippen molar-refractivity contribution in [2.45, 2.75) is 38.1 Å². The zero-order valence-electron chi connectivity index (χ0n) is 19.1. The third kappa shape index (κ3) is 4.61. The molecule has 34 heavy (non-hydrogen) atoms. The van der Waals surface area contributed by atoms with Gasteiger partial charge >= 0.3 is 0 Å². The molecular formula is C27H27N3O3S. The third-order valence-corrected chi connectivity index (χ3v) is 7.44. The topological polar surface area (TPSA) is 75.4 Å². The van der Waals surface area contributed by atoms with E-state index in [0.717, 1.165) is 40.1 Å². The maximum atomic E-state index is 13.1. The highest BCUT2D eigenvalue weighted by molar-refractivity contribution is 7.21. The van der Waals surface area contributed by atoms with Crippen molar-refractivity contribution >= 4 is 33.4 Å². The van der Waals surface area contributed by atoms with Crippen LogP contribution in [0.15, 0.2) is 71.1 Å². The van der Waals surface area contributed by atoms with Gasteiger partial charge in [-0.25, -0.2) is 4.98 Å². The van der Waals surface area contributed by atoms with Gasteiger partial charge in [0.05, 0.1) is 16.1 Å². The number of carbonyl (C=O) groups is 2. The second-order valence-corrected chi connectivity index (χ2v) is 9.63. The van der Waals surface area contributed by atoms with Gasteiger partial charge in [-0.1, -0.05) is 49.4 Å². The average molecular weight is 474 g/mol. The van der Waals surface area contributed by atoms with Crippen molar-refractivity contribution in [3.8, 4) is 10.8 Å². The molecule has 0 radical (unpaired) electrons. The van der Waals surface area contributed by atoms with Crippen molar-refractivity contribution in [3.05, 3.63) is 78.1 Å². The van der Waals surface area contributed by atoms with Crippen LogP contribution in [0.4, 0.5) is 0 Å². The summed E-state index contributed by atoms with van der Waals surface area (Å²) in [5, 5.41) is 3.83. The molecule has 1 saturated heterocycles. The molecule has 7 heteroatoms. The molecule has 174 valence electrons. The van der Waals surface area contributed by atoms with E-state index in [2.05, 4.69) is 17.2 Å². The van der Waals surface area contributed by atoms with Crippen LogP contribution in [0.5, 0.6) is 0 Å². The fourth-order valence-corrected chi connectivity index (χ4v) is 5.44. The number of fused-ring (bicyclic) bond motifs is 1. The summed E-state index contributed by atoms with van der Waals surface area (Å²) >= 11 is 1.54. The number of aromatic nitrogens is 1. The smallest absolute Gasteiger partial charge is 0.287 e. The fraction of sp³-hybridized carbons (Fsp3) is 0.296. The molecule has 3 heterocycles. The molecule has 2 aromatic carbocycles. The summed E-state index contributed by atoms with van der Waals surface area (Å²) in [6.07, 6.45) is 2.23. The Kier molecular flexibility index (Phi) is 6.45. The number of para-hydroxylation sites is 1. The zero-order chi connectivity index (χ0) is 23.5. The summed E-state index contributed by atoms with van der Waals surface area (Å²) in [4.78, 5) is 32.4. The van der Waals surface area contributed by atoms with E-state index in [0.29, 0.717) is 18.8 Å². The number of nitrogens with one attached hydrogen (secondary N) is 1. The zero-order valence-corrected chi connectivity index (χ0v) is 19.9. The summed E-state index contributed by atoms with van der Waals surface area (Å²) in [6, 6.07) is 21.4. The lowest BCUT2D eigenvalue weighted by molar-refractivity contribution is -0.134. The van der Waals surface area contributed by atoms with Gasteiger partial charge in [0.15, 0.2) is 16.5 Å². The molecule has 1 atom stereocenters. The van der Waals surface area contributed by atoms with Crippen LogP contribution < -0.4 is 5.32 Å². The Morgan fingerprint density at radius 1 is 1.06 bits per heavy atom. The number of rotatable bonds is 6. The standard InChI is InChI=1S/C27H27N3O3S/c1-2-20(18-8-4-3-5-9-18)27(32)30-16-14-19(15-17-30)28-25(31)22-12-13-23(33-22)26-29-21-10-6-7-11-24(21)34-26/h3-13,19-20H,2,14-17H2,1H3,(H,28,31). The van der Waals surface area contributed by atoms with E-state index < -0.39 is 0 Å². The molecule has 0 saturated carbocycles. The number of piperidine rings is 1. The minimum Gasteiger partial charge on any atom is -0.448 e. The van der Waals surface area contributed by atoms with E-state index in [1.165, 1.54) is 0 Å². The monoisotopic (exact) mass is 473 g/mol. The summed E-state index contributed by atoms with van der Waals surface area (Å²) in [5.41, 5.74) is 1.98. The average Bonchev–Trinajstić information content (AvgIpc) is 3.53. The molecule has 1 aliphatic rings. The van der Waals surface area contributed by atoms with Gasteiger partial charge in [0.25, 0.3) is 5.91 Å². The number of thiazole rings is 1. The van der Waals surface area contributed by atoms with Gasteiger partial charge in [0.1, 0.15) is 0 Å². The maximum absolute atomic E-state index is 13.1. The van der Waals surface area contributed by atoms with Crippen LogP contribution in [0, 0.1) is 0 Å². The van der Waals surface area contributed by atoms with Crippen molar-refractivity contribution < 1.29 is 14.0 Å². The predicted molar refractivity (Wildman–Crippen MR) is 134 cm³/mol. The van der Waals surface area contributed by atoms with Gasteiger partial charge in [0.2, 0.25) is 5.91 Å². The number of benzene rings is 2. The van der Waals surface area contributed by atoms with Gasteiger partial charge in [-0.3, -0.25) is 9.59 Å². The molecule has 1 aliphatic heterocycles. The number of carbonyl (C=O) groups excluding carboxylic acids is 2. The summed E-state index contributed by atoms with van der Waals surface area (Å²) in [6.45, 7) is 3.33. The van der Waals surface area contributed by atoms with Crippen molar-refractivity contribution in [1.29, 1.82) is 0 Å². The number of likely N-dealkylation sites (tertiary alicyclic amines) is 1. The SMILES string of the molecule is CCC(C(=O)N1CCC(NC(=O)c2ccc(-c3nc4ccccc4s3)o2)CC1)c1ccccc1. The molecule has 0 aliphatic carbocycles. The molecule has 6 nitrogen and oxygen atoms in total. The van der Waals surface area contributed by atoms with Crippen molar-refractivity contribution in [3.63, 3.8) is 0 Å². The maximum Gasteiger partial charge on any atom is 0.287 e. The predicted octanol–water partition coefficient (Wildman–Crippen LogP) is 5.47. The van der Waals surface area contributed by atoms with E-state index in [9.17, 15) is 9.59 Å². The number of hydrogen-bond acceptors (Lipinski definition) is 5. The van der Waals surface area contributed by atoms with E-state index in [1.54, 1.807) is 23.5 Å². The number of furan rings is 1. The van der Waals surface area contributed by atoms with Crippen molar-refractivity contribution in [2.24, 2.45) is 0 Å². The second-order valence-electron chi connectivity index (χ2n) is 8.60. The van der Waals surface area contributed by atoms with Crippen LogP contribution in [0.2, 0.25) is 0 Å². The Balaban J connectivity index is 1.17. The number of hydrogen-bond donors (Lipinski definition) is 1. The molecule has 5 rings (SSSR count). The minimum atomic E-state index is -0.229. The molecular weight excluding hydrogens is 446 g/mol. The van der Waals surface area contributed by atoms with Gasteiger partial charge in [0, 0.05) is 19.1 Å². The normalized spacial score (nSPS) is 15.4. The highest BCUT2D eigenvalue weighted by Gasteiger charge is 2.29. The van der Waals surface area contributed by atoms with E-state index in [1.807, 2.05) is 59.5 Å². The van der Waals surface area contributed by atoms with E-state index in [-0.39, 0.29) is 29.5 Å². The Labute approximate surface area is 202 Å². The van der Waals surface area contributed by atoms with Crippen molar-refractivity contribution in [1.82, 2.24) is 15.2 Å². The first-order chi connectivity index (χ1) is 16.6. The first-order valence-electron chi connectivity index (χ1n) is 11.7. The molecule has 0 spiro atoms. The van der Waals surface area contributed by atoms with Crippen molar-refractivity contribution in [2.75, 3.05) is 13.1 Å². The lowest BCUT2D eigenvalue weighted by Crippen LogP contribution is -2.47. The first kappa shape index (κ1) is 22.3. The highest BCUT2D eigenvalue weighted by atomic mass is 32.1. The number of nitrogens with zero attached hydrogens (tertiary/aromatic N) is 2. The molecule has 1 N–H and O–H groups in total. The van der Waals surface area contributed by atoms with Gasteiger partial charge in [-0.15, -0.1) is 11.3 Å². The second kappa shape index (κ2) is 9.81. The van der Waals surface area contributed by atoms with Crippen LogP contribution >= 0.6 is 11.3 Å². The molecule has 1 fully saturated rings. The molecule has 4 aromatic rings. The van der Waals surface area contributed by atoms with Crippen LogP contribution in [0.1, 0.15) is 48.2 Å². The van der Waals surface area contributed by atoms with Crippen LogP contribution in [0.25, 0.3) is 21.0 Å². The van der Waals surface area contributed by atoms with Crippen LogP contribution in [0.3, 0.4) is 0 Å². The Morgan fingerprint density at radius 2 is 1.79 bits per heavy atom. The summed E-state index contributed by atoms with van der Waals surface area (Å²) in [5.74, 6) is 0.704. The third-order valence-electron chi connectivity index (χ3n) is 6.38. The van der Waals surface area contributed by atoms with Crippen LogP contribution in [-0.2, 0) is 4.79 Å². The van der Waals surface area contributed by atoms with Gasteiger partial charge in [-0.05, 0) is 49.1 Å². The van der Waals surface area contributed by atoms with Crippen LogP contribution in [-0.4, -0.2) is 40.8 Å². The number of amides is 2. The lowest BCUT2D eigenvalue weighted by Gasteiger charge is -2.34. The Bertz CT molecular complexity index is 1260. The Hall–Kier alpha value is -3.45. The largest absolute Gasteiger partial charge is 0.448 e. The fourth-order valence-electron chi connectivity index (χ4n) is 4.51. The highest BCUT2D eigenvalue weighted by Crippen LogP contribution is 2.31. The lowest BCUT2D eigenvalue weighted by atomic mass is 9.93.